The van der Waals surface area contributed by atoms with Crippen LogP contribution in [0.1, 0.15) is 34.1 Å². The summed E-state index contributed by atoms with van der Waals surface area (Å²) in [6.07, 6.45) is 0.141. The Morgan fingerprint density at radius 1 is 0.962 bits per heavy atom. The Balaban J connectivity index is 1.77. The van der Waals surface area contributed by atoms with Crippen LogP contribution in [-0.4, -0.2) is 30.9 Å². The predicted octanol–water partition coefficient (Wildman–Crippen LogP) is 3.38. The molecule has 0 aromatic heterocycles. The zero-order chi connectivity index (χ0) is 18.9. The highest BCUT2D eigenvalue weighted by atomic mass is 79.9. The van der Waals surface area contributed by atoms with Crippen LogP contribution in [0, 0.1) is 0 Å². The Labute approximate surface area is 160 Å². The van der Waals surface area contributed by atoms with E-state index in [1.54, 1.807) is 55.5 Å². The number of benzene rings is 2. The molecule has 136 valence electrons. The molecule has 2 aromatic rings. The quantitative estimate of drug-likeness (QED) is 0.674. The Bertz CT molecular complexity index is 773. The van der Waals surface area contributed by atoms with Crippen LogP contribution in [0.5, 0.6) is 0 Å². The highest BCUT2D eigenvalue weighted by molar-refractivity contribution is 9.10. The summed E-state index contributed by atoms with van der Waals surface area (Å²) in [6, 6.07) is 13.4. The summed E-state index contributed by atoms with van der Waals surface area (Å²) < 4.78 is 5.79. The molecule has 2 aromatic carbocycles. The molecule has 0 aliphatic heterocycles. The molecule has 2 amide bonds. The smallest absolute Gasteiger partial charge is 0.338 e. The maximum atomic E-state index is 11.9. The number of halogens is 1. The zero-order valence-corrected chi connectivity index (χ0v) is 15.8. The van der Waals surface area contributed by atoms with Gasteiger partial charge in [-0.3, -0.25) is 9.59 Å². The van der Waals surface area contributed by atoms with Gasteiger partial charge in [-0.25, -0.2) is 4.79 Å². The molecule has 2 N–H and O–H groups in total. The van der Waals surface area contributed by atoms with Gasteiger partial charge in [0.25, 0.3) is 5.91 Å². The van der Waals surface area contributed by atoms with Crippen LogP contribution in [0.15, 0.2) is 53.0 Å². The van der Waals surface area contributed by atoms with Crippen molar-refractivity contribution in [2.45, 2.75) is 13.3 Å². The lowest BCUT2D eigenvalue weighted by atomic mass is 10.2. The molecule has 7 heteroatoms. The minimum absolute atomic E-state index is 0.141. The van der Waals surface area contributed by atoms with Crippen molar-refractivity contribution in [3.63, 3.8) is 0 Å². The van der Waals surface area contributed by atoms with Crippen LogP contribution < -0.4 is 10.6 Å². The van der Waals surface area contributed by atoms with Gasteiger partial charge in [-0.05, 0) is 55.5 Å². The zero-order valence-electron chi connectivity index (χ0n) is 14.3. The first-order valence-corrected chi connectivity index (χ1v) is 8.89. The molecular formula is C19H19BrN2O4. The van der Waals surface area contributed by atoms with Crippen LogP contribution in [0.25, 0.3) is 0 Å². The molecule has 0 aliphatic carbocycles. The minimum atomic E-state index is -0.402. The fourth-order valence-electron chi connectivity index (χ4n) is 2.12. The first-order chi connectivity index (χ1) is 12.5. The monoisotopic (exact) mass is 418 g/mol. The predicted molar refractivity (Wildman–Crippen MR) is 102 cm³/mol. The van der Waals surface area contributed by atoms with E-state index in [-0.39, 0.29) is 24.8 Å². The van der Waals surface area contributed by atoms with Gasteiger partial charge in [0.15, 0.2) is 0 Å². The Morgan fingerprint density at radius 2 is 1.58 bits per heavy atom. The maximum absolute atomic E-state index is 11.9. The van der Waals surface area contributed by atoms with E-state index in [0.717, 1.165) is 4.47 Å². The molecule has 0 spiro atoms. The van der Waals surface area contributed by atoms with E-state index in [1.807, 2.05) is 0 Å². The van der Waals surface area contributed by atoms with Crippen molar-refractivity contribution >= 4 is 39.4 Å². The number of rotatable bonds is 7. The third-order valence-corrected chi connectivity index (χ3v) is 3.95. The first-order valence-electron chi connectivity index (χ1n) is 8.10. The number of anilines is 1. The van der Waals surface area contributed by atoms with Gasteiger partial charge >= 0.3 is 5.97 Å². The molecule has 0 heterocycles. The Kier molecular flexibility index (Phi) is 7.35. The van der Waals surface area contributed by atoms with Crippen LogP contribution in [0.3, 0.4) is 0 Å². The molecule has 0 saturated heterocycles. The van der Waals surface area contributed by atoms with Gasteiger partial charge in [0.05, 0.1) is 12.2 Å². The highest BCUT2D eigenvalue weighted by Crippen LogP contribution is 2.12. The molecule has 0 saturated carbocycles. The summed E-state index contributed by atoms with van der Waals surface area (Å²) in [6.45, 7) is 2.27. The second kappa shape index (κ2) is 9.72. The van der Waals surface area contributed by atoms with Gasteiger partial charge in [0.1, 0.15) is 0 Å². The largest absolute Gasteiger partial charge is 0.462 e. The molecule has 2 rings (SSSR count). The molecule has 6 nitrogen and oxygen atoms in total. The highest BCUT2D eigenvalue weighted by Gasteiger charge is 2.09. The number of hydrogen-bond acceptors (Lipinski definition) is 4. The van der Waals surface area contributed by atoms with Crippen molar-refractivity contribution in [2.75, 3.05) is 18.5 Å². The van der Waals surface area contributed by atoms with Crippen molar-refractivity contribution < 1.29 is 19.1 Å². The first kappa shape index (κ1) is 19.7. The Hall–Kier alpha value is -2.67. The average Bonchev–Trinajstić information content (AvgIpc) is 2.63. The van der Waals surface area contributed by atoms with Gasteiger partial charge < -0.3 is 15.4 Å². The molecular weight excluding hydrogens is 400 g/mol. The fraction of sp³-hybridized carbons (Fsp3) is 0.211. The van der Waals surface area contributed by atoms with Crippen LogP contribution >= 0.6 is 15.9 Å². The Morgan fingerprint density at radius 3 is 2.19 bits per heavy atom. The van der Waals surface area contributed by atoms with Gasteiger partial charge in [-0.2, -0.15) is 0 Å². The van der Waals surface area contributed by atoms with Crippen molar-refractivity contribution in [1.29, 1.82) is 0 Å². The minimum Gasteiger partial charge on any atom is -0.462 e. The lowest BCUT2D eigenvalue weighted by Gasteiger charge is -2.08. The molecule has 26 heavy (non-hydrogen) atoms. The number of carbonyl (C=O) groups is 3. The van der Waals surface area contributed by atoms with E-state index in [2.05, 4.69) is 26.6 Å². The van der Waals surface area contributed by atoms with Gasteiger partial charge in [0, 0.05) is 28.7 Å². The van der Waals surface area contributed by atoms with Gasteiger partial charge in [-0.1, -0.05) is 15.9 Å². The number of amides is 2. The van der Waals surface area contributed by atoms with Crippen molar-refractivity contribution in [1.82, 2.24) is 5.32 Å². The van der Waals surface area contributed by atoms with Crippen LogP contribution in [0.4, 0.5) is 5.69 Å². The summed E-state index contributed by atoms with van der Waals surface area (Å²) in [4.78, 5) is 35.5. The maximum Gasteiger partial charge on any atom is 0.338 e. The second-order valence-corrected chi connectivity index (χ2v) is 6.27. The summed E-state index contributed by atoms with van der Waals surface area (Å²) in [5, 5.41) is 5.41. The summed E-state index contributed by atoms with van der Waals surface area (Å²) in [5.74, 6) is -0.866. The summed E-state index contributed by atoms with van der Waals surface area (Å²) in [7, 11) is 0. The molecule has 0 aliphatic rings. The van der Waals surface area contributed by atoms with E-state index in [4.69, 9.17) is 4.74 Å². The molecule has 0 atom stereocenters. The lowest BCUT2D eigenvalue weighted by Crippen LogP contribution is -2.27. The molecule has 0 radical (unpaired) electrons. The van der Waals surface area contributed by atoms with Crippen LogP contribution in [-0.2, 0) is 9.53 Å². The number of esters is 1. The SMILES string of the molecule is CCOC(=O)c1ccc(NC(=O)CCNC(=O)c2ccc(Br)cc2)cc1. The van der Waals surface area contributed by atoms with Crippen molar-refractivity contribution in [3.8, 4) is 0 Å². The van der Waals surface area contributed by atoms with Crippen LogP contribution in [0.2, 0.25) is 0 Å². The van der Waals surface area contributed by atoms with E-state index < -0.39 is 5.97 Å². The van der Waals surface area contributed by atoms with Crippen molar-refractivity contribution in [2.24, 2.45) is 0 Å². The third-order valence-electron chi connectivity index (χ3n) is 3.42. The van der Waals surface area contributed by atoms with E-state index >= 15 is 0 Å². The third kappa shape index (κ3) is 6.00. The molecule has 0 bridgehead atoms. The fourth-order valence-corrected chi connectivity index (χ4v) is 2.38. The summed E-state index contributed by atoms with van der Waals surface area (Å²) >= 11 is 3.31. The topological polar surface area (TPSA) is 84.5 Å². The standard InChI is InChI=1S/C19H19BrN2O4/c1-2-26-19(25)14-5-9-16(10-6-14)22-17(23)11-12-21-18(24)13-3-7-15(20)8-4-13/h3-10H,2,11-12H2,1H3,(H,21,24)(H,22,23). The normalized spacial score (nSPS) is 10.1. The van der Waals surface area contributed by atoms with Gasteiger partial charge in [-0.15, -0.1) is 0 Å². The molecule has 0 unspecified atom stereocenters. The number of ether oxygens (including phenoxy) is 1. The lowest BCUT2D eigenvalue weighted by molar-refractivity contribution is -0.116. The van der Waals surface area contributed by atoms with Crippen molar-refractivity contribution in [3.05, 3.63) is 64.1 Å². The number of carbonyl (C=O) groups excluding carboxylic acids is 3. The second-order valence-electron chi connectivity index (χ2n) is 5.36. The summed E-state index contributed by atoms with van der Waals surface area (Å²) in [5.41, 5.74) is 1.53. The van der Waals surface area contributed by atoms with Gasteiger partial charge in [0.2, 0.25) is 5.91 Å². The number of nitrogens with one attached hydrogen (secondary N) is 2. The van der Waals surface area contributed by atoms with E-state index in [9.17, 15) is 14.4 Å². The number of hydrogen-bond donors (Lipinski definition) is 2. The van der Waals surface area contributed by atoms with E-state index in [0.29, 0.717) is 23.4 Å². The van der Waals surface area contributed by atoms with E-state index in [1.165, 1.54) is 0 Å². The molecule has 0 fully saturated rings. The average molecular weight is 419 g/mol.